The maximum atomic E-state index is 12.5. The van der Waals surface area contributed by atoms with Crippen molar-refractivity contribution in [1.82, 2.24) is 15.0 Å². The van der Waals surface area contributed by atoms with E-state index in [4.69, 9.17) is 4.74 Å². The Morgan fingerprint density at radius 2 is 1.83 bits per heavy atom. The van der Waals surface area contributed by atoms with Gasteiger partial charge in [0.1, 0.15) is 0 Å². The van der Waals surface area contributed by atoms with Crippen LogP contribution in [0.2, 0.25) is 0 Å². The van der Waals surface area contributed by atoms with Crippen LogP contribution < -0.4 is 9.21 Å². The molecule has 1 aliphatic rings. The lowest BCUT2D eigenvalue weighted by atomic mass is 10.2. The molecule has 0 unspecified atom stereocenters. The van der Waals surface area contributed by atoms with E-state index in [9.17, 15) is 8.42 Å². The second kappa shape index (κ2) is 6.17. The van der Waals surface area contributed by atoms with Gasteiger partial charge in [-0.05, 0) is 24.3 Å². The Morgan fingerprint density at radius 1 is 1.17 bits per heavy atom. The molecule has 23 heavy (non-hydrogen) atoms. The molecule has 9 heteroatoms. The van der Waals surface area contributed by atoms with Gasteiger partial charge in [-0.1, -0.05) is 0 Å². The highest BCUT2D eigenvalue weighted by Gasteiger charge is 2.24. The number of aromatic nitrogens is 3. The molecule has 3 rings (SSSR count). The van der Waals surface area contributed by atoms with Crippen LogP contribution in [0.15, 0.2) is 35.5 Å². The molecule has 0 radical (unpaired) electrons. The minimum Gasteiger partial charge on any atom is -0.378 e. The van der Waals surface area contributed by atoms with Crippen LogP contribution in [0.5, 0.6) is 0 Å². The molecule has 0 amide bonds. The van der Waals surface area contributed by atoms with Crippen molar-refractivity contribution >= 4 is 21.4 Å². The summed E-state index contributed by atoms with van der Waals surface area (Å²) in [5.74, 6) is 0. The molecule has 1 saturated heterocycles. The number of sulfonamides is 1. The predicted octanol–water partition coefficient (Wildman–Crippen LogP) is 0.477. The van der Waals surface area contributed by atoms with Crippen LogP contribution in [0.3, 0.4) is 0 Å². The third-order valence-corrected chi connectivity index (χ3v) is 5.44. The van der Waals surface area contributed by atoms with Crippen LogP contribution in [-0.4, -0.2) is 56.8 Å². The van der Waals surface area contributed by atoms with Gasteiger partial charge in [0.25, 0.3) is 10.0 Å². The summed E-state index contributed by atoms with van der Waals surface area (Å²) in [6, 6.07) is 7.42. The summed E-state index contributed by atoms with van der Waals surface area (Å²) in [5.41, 5.74) is 1.63. The van der Waals surface area contributed by atoms with Gasteiger partial charge in [-0.2, -0.15) is 18.3 Å². The Hall–Kier alpha value is -2.13. The minimum atomic E-state index is -3.70. The first-order valence-electron chi connectivity index (χ1n) is 7.26. The quantitative estimate of drug-likeness (QED) is 0.807. The topological polar surface area (TPSA) is 80.6 Å². The van der Waals surface area contributed by atoms with Crippen LogP contribution in [0.25, 0.3) is 0 Å². The molecule has 0 N–H and O–H groups in total. The number of ether oxygens (including phenoxy) is 1. The van der Waals surface area contributed by atoms with E-state index in [1.807, 2.05) is 12.1 Å². The fourth-order valence-electron chi connectivity index (χ4n) is 2.42. The molecule has 124 valence electrons. The second-order valence-electron chi connectivity index (χ2n) is 5.26. The molecule has 2 aromatic rings. The zero-order valence-corrected chi connectivity index (χ0v) is 13.9. The fraction of sp³-hybridized carbons (Fsp3) is 0.429. The lowest BCUT2D eigenvalue weighted by Gasteiger charge is -2.29. The number of hydrogen-bond acceptors (Lipinski definition) is 6. The number of rotatable bonds is 4. The standard InChI is InChI=1S/C14H19N5O3S/c1-17(23(20,21)14-11-15-18(2)16-14)12-3-5-13(6-4-12)19-7-9-22-10-8-19/h3-6,11H,7-10H2,1-2H3. The van der Waals surface area contributed by atoms with Gasteiger partial charge in [-0.25, -0.2) is 0 Å². The predicted molar refractivity (Wildman–Crippen MR) is 86.1 cm³/mol. The lowest BCUT2D eigenvalue weighted by molar-refractivity contribution is 0.122. The Morgan fingerprint density at radius 3 is 2.39 bits per heavy atom. The lowest BCUT2D eigenvalue weighted by Crippen LogP contribution is -2.36. The average molecular weight is 337 g/mol. The summed E-state index contributed by atoms with van der Waals surface area (Å²) < 4.78 is 31.6. The zero-order chi connectivity index (χ0) is 16.4. The van der Waals surface area contributed by atoms with Crippen LogP contribution in [0, 0.1) is 0 Å². The zero-order valence-electron chi connectivity index (χ0n) is 13.1. The van der Waals surface area contributed by atoms with E-state index in [1.165, 1.54) is 22.3 Å². The summed E-state index contributed by atoms with van der Waals surface area (Å²) in [5, 5.41) is 7.62. The summed E-state index contributed by atoms with van der Waals surface area (Å²) >= 11 is 0. The highest BCUT2D eigenvalue weighted by atomic mass is 32.2. The Kier molecular flexibility index (Phi) is 4.22. The third-order valence-electron chi connectivity index (χ3n) is 3.79. The molecule has 1 aromatic carbocycles. The highest BCUT2D eigenvalue weighted by molar-refractivity contribution is 7.92. The van der Waals surface area contributed by atoms with Crippen molar-refractivity contribution in [2.75, 3.05) is 42.6 Å². The first-order valence-corrected chi connectivity index (χ1v) is 8.70. The molecule has 1 aliphatic heterocycles. The van der Waals surface area contributed by atoms with Crippen LogP contribution in [-0.2, 0) is 21.8 Å². The van der Waals surface area contributed by atoms with Gasteiger partial charge in [0.05, 0.1) is 25.1 Å². The third kappa shape index (κ3) is 3.15. The monoisotopic (exact) mass is 337 g/mol. The summed E-state index contributed by atoms with van der Waals surface area (Å²) in [6.07, 6.45) is 1.24. The molecule has 1 aromatic heterocycles. The summed E-state index contributed by atoms with van der Waals surface area (Å²) in [4.78, 5) is 3.44. The van der Waals surface area contributed by atoms with Crippen molar-refractivity contribution in [3.63, 3.8) is 0 Å². The first-order chi connectivity index (χ1) is 11.0. The van der Waals surface area contributed by atoms with E-state index in [1.54, 1.807) is 19.2 Å². The van der Waals surface area contributed by atoms with Crippen LogP contribution in [0.4, 0.5) is 11.4 Å². The van der Waals surface area contributed by atoms with Gasteiger partial charge in [0.2, 0.25) is 5.03 Å². The normalized spacial score (nSPS) is 15.7. The number of morpholine rings is 1. The smallest absolute Gasteiger partial charge is 0.285 e. The van der Waals surface area contributed by atoms with Crippen molar-refractivity contribution in [3.05, 3.63) is 30.5 Å². The molecular weight excluding hydrogens is 318 g/mol. The summed E-state index contributed by atoms with van der Waals surface area (Å²) in [6.45, 7) is 3.10. The first kappa shape index (κ1) is 15.8. The number of nitrogens with zero attached hydrogens (tertiary/aromatic N) is 5. The Balaban J connectivity index is 1.81. The molecule has 0 spiro atoms. The Bertz CT molecular complexity index is 766. The van der Waals surface area contributed by atoms with Crippen molar-refractivity contribution in [1.29, 1.82) is 0 Å². The molecule has 1 fully saturated rings. The van der Waals surface area contributed by atoms with E-state index in [0.717, 1.165) is 18.8 Å². The maximum absolute atomic E-state index is 12.5. The highest BCUT2D eigenvalue weighted by Crippen LogP contribution is 2.24. The molecule has 8 nitrogen and oxygen atoms in total. The van der Waals surface area contributed by atoms with E-state index in [2.05, 4.69) is 15.1 Å². The van der Waals surface area contributed by atoms with Gasteiger partial charge >= 0.3 is 0 Å². The molecule has 0 aliphatic carbocycles. The SMILES string of the molecule is CN(c1ccc(N2CCOCC2)cc1)S(=O)(=O)c1cnn(C)n1. The largest absolute Gasteiger partial charge is 0.378 e. The number of hydrogen-bond donors (Lipinski definition) is 0. The molecule has 0 saturated carbocycles. The average Bonchev–Trinajstić information content (AvgIpc) is 3.02. The number of benzene rings is 1. The second-order valence-corrected chi connectivity index (χ2v) is 7.18. The van der Waals surface area contributed by atoms with Crippen molar-refractivity contribution in [3.8, 4) is 0 Å². The van der Waals surface area contributed by atoms with Crippen molar-refractivity contribution in [2.24, 2.45) is 7.05 Å². The summed E-state index contributed by atoms with van der Waals surface area (Å²) in [7, 11) is -0.616. The van der Waals surface area contributed by atoms with Gasteiger partial charge in [0, 0.05) is 32.9 Å². The molecule has 2 heterocycles. The van der Waals surface area contributed by atoms with E-state index in [0.29, 0.717) is 18.9 Å². The van der Waals surface area contributed by atoms with Crippen molar-refractivity contribution in [2.45, 2.75) is 5.03 Å². The van der Waals surface area contributed by atoms with Gasteiger partial charge in [0.15, 0.2) is 0 Å². The Labute approximate surface area is 135 Å². The molecular formula is C14H19N5O3S. The van der Waals surface area contributed by atoms with Gasteiger partial charge in [-0.3, -0.25) is 4.31 Å². The maximum Gasteiger partial charge on any atom is 0.285 e. The van der Waals surface area contributed by atoms with Crippen LogP contribution in [0.1, 0.15) is 0 Å². The van der Waals surface area contributed by atoms with Crippen molar-refractivity contribution < 1.29 is 13.2 Å². The molecule has 0 atom stereocenters. The molecule has 0 bridgehead atoms. The minimum absolute atomic E-state index is 0.0697. The fourth-order valence-corrected chi connectivity index (χ4v) is 3.50. The van der Waals surface area contributed by atoms with Gasteiger partial charge < -0.3 is 9.64 Å². The number of aryl methyl sites for hydroxylation is 1. The van der Waals surface area contributed by atoms with Gasteiger partial charge in [-0.15, -0.1) is 5.10 Å². The van der Waals surface area contributed by atoms with Crippen LogP contribution >= 0.6 is 0 Å². The van der Waals surface area contributed by atoms with E-state index < -0.39 is 10.0 Å². The van der Waals surface area contributed by atoms with E-state index in [-0.39, 0.29) is 5.03 Å². The number of anilines is 2. The van der Waals surface area contributed by atoms with E-state index >= 15 is 0 Å².